The second-order valence-electron chi connectivity index (χ2n) is 7.24. The molecule has 2 aromatic heterocycles. The minimum atomic E-state index is -5.42. The van der Waals surface area contributed by atoms with Gasteiger partial charge in [-0.15, -0.1) is 0 Å². The first-order valence-corrected chi connectivity index (χ1v) is 9.59. The Morgan fingerprint density at radius 1 is 1.11 bits per heavy atom. The zero-order chi connectivity index (χ0) is 26.5. The molecule has 18 heteroatoms. The van der Waals surface area contributed by atoms with E-state index in [-0.39, 0.29) is 6.42 Å². The summed E-state index contributed by atoms with van der Waals surface area (Å²) in [6, 6.07) is 0. The molecule has 3 heterocycles. The van der Waals surface area contributed by atoms with Crippen LogP contribution in [-0.2, 0) is 9.53 Å². The highest BCUT2D eigenvalue weighted by molar-refractivity contribution is 5.94. The lowest BCUT2D eigenvalue weighted by Gasteiger charge is -2.15. The fourth-order valence-corrected chi connectivity index (χ4v) is 3.22. The van der Waals surface area contributed by atoms with E-state index in [1.165, 1.54) is 5.32 Å². The largest absolute Gasteiger partial charge is 0.471 e. The number of fused-ring (bicyclic) bond motifs is 1. The number of nitrogens with one attached hydrogen (secondary N) is 1. The van der Waals surface area contributed by atoms with E-state index in [0.29, 0.717) is 0 Å². The third-order valence-corrected chi connectivity index (χ3v) is 4.93. The van der Waals surface area contributed by atoms with Gasteiger partial charge in [-0.1, -0.05) is 0 Å². The van der Waals surface area contributed by atoms with Gasteiger partial charge in [0, 0.05) is 6.42 Å². The van der Waals surface area contributed by atoms with E-state index < -0.39 is 95.0 Å². The number of carbonyl (C=O) groups is 1. The molecule has 1 aliphatic rings. The van der Waals surface area contributed by atoms with Crippen molar-refractivity contribution < 1.29 is 59.6 Å². The van der Waals surface area contributed by atoms with Gasteiger partial charge >= 0.3 is 12.1 Å². The highest BCUT2D eigenvalue weighted by Crippen LogP contribution is 2.37. The summed E-state index contributed by atoms with van der Waals surface area (Å²) >= 11 is 0. The molecule has 3 atom stereocenters. The number of benzene rings is 1. The maximum atomic E-state index is 14.1. The Bertz CT molecular complexity index is 1320. The summed E-state index contributed by atoms with van der Waals surface area (Å²) in [7, 11) is 0. The number of aliphatic hydroxyl groups is 2. The van der Waals surface area contributed by atoms with E-state index in [9.17, 15) is 50.1 Å². The molecule has 4 rings (SSSR count). The average Bonchev–Trinajstić information content (AvgIpc) is 3.41. The lowest BCUT2D eigenvalue weighted by atomic mass is 10.2. The highest BCUT2D eigenvalue weighted by Gasteiger charge is 2.40. The fraction of sp³-hybridized carbons (Fsp3) is 0.333. The molecule has 194 valence electrons. The molecule has 0 saturated carbocycles. The van der Waals surface area contributed by atoms with Crippen LogP contribution in [0.4, 0.5) is 41.1 Å². The van der Waals surface area contributed by atoms with Gasteiger partial charge in [0.1, 0.15) is 12.3 Å². The summed E-state index contributed by atoms with van der Waals surface area (Å²) in [5.41, 5.74) is -1.05. The first kappa shape index (κ1) is 25.5. The van der Waals surface area contributed by atoms with Gasteiger partial charge in [0.2, 0.25) is 40.8 Å². The Morgan fingerprint density at radius 2 is 1.72 bits per heavy atom. The van der Waals surface area contributed by atoms with Crippen LogP contribution in [0, 0.1) is 29.1 Å². The third-order valence-electron chi connectivity index (χ3n) is 4.93. The molecule has 3 aromatic rings. The van der Waals surface area contributed by atoms with E-state index in [0.717, 1.165) is 10.9 Å². The summed E-state index contributed by atoms with van der Waals surface area (Å²) in [5.74, 6) is -18.8. The molecule has 0 radical (unpaired) electrons. The Labute approximate surface area is 193 Å². The second-order valence-corrected chi connectivity index (χ2v) is 7.24. The van der Waals surface area contributed by atoms with Crippen molar-refractivity contribution in [1.82, 2.24) is 19.5 Å². The molecule has 1 unspecified atom stereocenters. The predicted molar refractivity (Wildman–Crippen MR) is 97.9 cm³/mol. The van der Waals surface area contributed by atoms with Crippen molar-refractivity contribution >= 4 is 23.0 Å². The van der Waals surface area contributed by atoms with Crippen molar-refractivity contribution in [3.05, 3.63) is 35.4 Å². The third kappa shape index (κ3) is 4.37. The molecular weight excluding hydrogens is 518 g/mol. The Morgan fingerprint density at radius 3 is 2.28 bits per heavy atom. The summed E-state index contributed by atoms with van der Waals surface area (Å²) < 4.78 is 118. The quantitative estimate of drug-likeness (QED) is 0.261. The van der Waals surface area contributed by atoms with Crippen LogP contribution in [0.15, 0.2) is 6.33 Å². The van der Waals surface area contributed by atoms with Crippen molar-refractivity contribution in [1.29, 1.82) is 0 Å². The summed E-state index contributed by atoms with van der Waals surface area (Å²) in [6.45, 7) is -0.610. The molecule has 3 N–H and O–H groups in total. The van der Waals surface area contributed by atoms with Gasteiger partial charge in [-0.25, -0.2) is 18.2 Å². The van der Waals surface area contributed by atoms with Gasteiger partial charge < -0.3 is 19.7 Å². The smallest absolute Gasteiger partial charge is 0.430 e. The van der Waals surface area contributed by atoms with Crippen LogP contribution >= 0.6 is 0 Å². The number of nitrogens with zero attached hydrogens (tertiary/aromatic N) is 4. The van der Waals surface area contributed by atoms with Crippen LogP contribution in [0.2, 0.25) is 0 Å². The number of halogens is 8. The van der Waals surface area contributed by atoms with Crippen molar-refractivity contribution in [3.63, 3.8) is 0 Å². The van der Waals surface area contributed by atoms with Gasteiger partial charge in [0.25, 0.3) is 5.88 Å². The highest BCUT2D eigenvalue weighted by atomic mass is 19.4. The average molecular weight is 529 g/mol. The minimum absolute atomic E-state index is 0.182. The first-order chi connectivity index (χ1) is 16.8. The van der Waals surface area contributed by atoms with E-state index in [1.54, 1.807) is 0 Å². The lowest BCUT2D eigenvalue weighted by Crippen LogP contribution is -2.30. The van der Waals surface area contributed by atoms with Gasteiger partial charge in [-0.05, 0) is 0 Å². The van der Waals surface area contributed by atoms with Gasteiger partial charge in [-0.3, -0.25) is 14.7 Å². The number of imidazole rings is 1. The molecule has 36 heavy (non-hydrogen) atoms. The molecular formula is C18H11F8N5O5. The maximum absolute atomic E-state index is 14.1. The topological polar surface area (TPSA) is 132 Å². The Hall–Kier alpha value is -3.64. The maximum Gasteiger partial charge on any atom is 0.471 e. The number of anilines is 1. The van der Waals surface area contributed by atoms with E-state index in [4.69, 9.17) is 9.47 Å². The number of rotatable bonds is 5. The van der Waals surface area contributed by atoms with Crippen LogP contribution in [0.1, 0.15) is 12.6 Å². The molecule has 10 nitrogen and oxygen atoms in total. The van der Waals surface area contributed by atoms with Gasteiger partial charge in [0.05, 0.1) is 19.0 Å². The van der Waals surface area contributed by atoms with Crippen molar-refractivity contribution in [2.45, 2.75) is 31.0 Å². The number of alkyl halides is 3. The zero-order valence-electron chi connectivity index (χ0n) is 17.2. The van der Waals surface area contributed by atoms with Crippen LogP contribution in [-0.4, -0.2) is 60.6 Å². The van der Waals surface area contributed by atoms with E-state index in [2.05, 4.69) is 15.0 Å². The number of ether oxygens (including phenoxy) is 2. The first-order valence-electron chi connectivity index (χ1n) is 9.59. The molecule has 0 bridgehead atoms. The van der Waals surface area contributed by atoms with Gasteiger partial charge in [0.15, 0.2) is 11.2 Å². The summed E-state index contributed by atoms with van der Waals surface area (Å²) in [6.07, 6.45) is -8.06. The van der Waals surface area contributed by atoms with Crippen molar-refractivity contribution in [2.75, 3.05) is 11.9 Å². The zero-order valence-corrected chi connectivity index (χ0v) is 17.2. The standard InChI is InChI=1S/C18H11F8N5O5/c19-7-8(20)10(22)13(11(23)9(7)21)36-15-12-14(28-17(29-15)30-16(34)18(24,25)26)31(3-27-12)6-1-4(33)5(2-32)35-6/h3-6,32-33H,1-2H2,(H,28,29,30,34)/t4?,5-,6-/m1/s1. The van der Waals surface area contributed by atoms with Crippen LogP contribution in [0.25, 0.3) is 11.2 Å². The minimum Gasteiger partial charge on any atom is -0.430 e. The van der Waals surface area contributed by atoms with E-state index in [1.807, 2.05) is 0 Å². The number of carbonyl (C=O) groups excluding carboxylic acids is 1. The monoisotopic (exact) mass is 529 g/mol. The lowest BCUT2D eigenvalue weighted by molar-refractivity contribution is -0.167. The molecule has 1 fully saturated rings. The number of amides is 1. The second kappa shape index (κ2) is 9.10. The number of aliphatic hydroxyl groups excluding tert-OH is 2. The summed E-state index contributed by atoms with van der Waals surface area (Å²) in [4.78, 5) is 22.1. The summed E-state index contributed by atoms with van der Waals surface area (Å²) in [5, 5.41) is 20.4. The van der Waals surface area contributed by atoms with Crippen LogP contribution in [0.5, 0.6) is 11.6 Å². The number of hydrogen-bond acceptors (Lipinski definition) is 8. The molecule has 1 saturated heterocycles. The molecule has 1 aliphatic heterocycles. The predicted octanol–water partition coefficient (Wildman–Crippen LogP) is 2.46. The molecule has 1 aromatic carbocycles. The Balaban J connectivity index is 1.85. The van der Waals surface area contributed by atoms with E-state index >= 15 is 0 Å². The van der Waals surface area contributed by atoms with Crippen molar-refractivity contribution in [3.8, 4) is 11.6 Å². The van der Waals surface area contributed by atoms with Crippen molar-refractivity contribution in [2.24, 2.45) is 0 Å². The van der Waals surface area contributed by atoms with Crippen LogP contribution in [0.3, 0.4) is 0 Å². The van der Waals surface area contributed by atoms with Gasteiger partial charge in [-0.2, -0.15) is 31.9 Å². The number of hydrogen-bond donors (Lipinski definition) is 3. The number of aromatic nitrogens is 4. The molecule has 0 aliphatic carbocycles. The normalized spacial score (nSPS) is 20.2. The molecule has 1 amide bonds. The SMILES string of the molecule is O=C(Nc1nc(Oc2c(F)c(F)c(F)c(F)c2F)c2ncn([C@H]3CC(O)[C@@H](CO)O3)c2n1)C(F)(F)F. The Kier molecular flexibility index (Phi) is 6.43. The van der Waals surface area contributed by atoms with Crippen LogP contribution < -0.4 is 10.1 Å². The molecule has 0 spiro atoms. The fourth-order valence-electron chi connectivity index (χ4n) is 3.22.